The van der Waals surface area contributed by atoms with Gasteiger partial charge in [-0.25, -0.2) is 0 Å². The molecule has 0 saturated carbocycles. The predicted octanol–water partition coefficient (Wildman–Crippen LogP) is 2.66. The van der Waals surface area contributed by atoms with Crippen molar-refractivity contribution >= 4 is 16.8 Å². The van der Waals surface area contributed by atoms with Crippen LogP contribution in [0.2, 0.25) is 0 Å². The molecule has 3 rings (SSSR count). The fourth-order valence-electron chi connectivity index (χ4n) is 3.80. The molecule has 1 amide bonds. The van der Waals surface area contributed by atoms with E-state index in [4.69, 9.17) is 0 Å². The molecular formula is C18H26N4O. The van der Waals surface area contributed by atoms with E-state index in [1.165, 1.54) is 6.42 Å². The Balaban J connectivity index is 1.61. The average molecular weight is 314 g/mol. The second-order valence-corrected chi connectivity index (χ2v) is 7.16. The van der Waals surface area contributed by atoms with Crippen LogP contribution in [0.4, 0.5) is 0 Å². The Kier molecular flexibility index (Phi) is 4.66. The van der Waals surface area contributed by atoms with E-state index in [1.807, 2.05) is 24.3 Å². The van der Waals surface area contributed by atoms with Crippen molar-refractivity contribution < 1.29 is 4.79 Å². The van der Waals surface area contributed by atoms with Crippen molar-refractivity contribution in [1.29, 1.82) is 0 Å². The number of rotatable bonds is 4. The lowest BCUT2D eigenvalue weighted by Crippen LogP contribution is -2.47. The van der Waals surface area contributed by atoms with Crippen LogP contribution in [0.25, 0.3) is 10.9 Å². The highest BCUT2D eigenvalue weighted by Gasteiger charge is 2.24. The lowest BCUT2D eigenvalue weighted by Gasteiger charge is -2.36. The normalized spacial score (nSPS) is 23.8. The van der Waals surface area contributed by atoms with Crippen molar-refractivity contribution in [2.75, 3.05) is 19.6 Å². The van der Waals surface area contributed by atoms with Gasteiger partial charge in [-0.15, -0.1) is 0 Å². The molecular weight excluding hydrogens is 288 g/mol. The molecule has 2 heterocycles. The summed E-state index contributed by atoms with van der Waals surface area (Å²) in [4.78, 5) is 15.0. The molecule has 3 atom stereocenters. The van der Waals surface area contributed by atoms with Crippen LogP contribution in [0, 0.1) is 11.8 Å². The molecule has 1 fully saturated rings. The molecule has 0 spiro atoms. The van der Waals surface area contributed by atoms with Gasteiger partial charge in [0.1, 0.15) is 0 Å². The summed E-state index contributed by atoms with van der Waals surface area (Å²) in [5.41, 5.74) is 1.37. The third-order valence-electron chi connectivity index (χ3n) is 4.54. The second kappa shape index (κ2) is 6.71. The van der Waals surface area contributed by atoms with Crippen LogP contribution in [-0.2, 0) is 0 Å². The molecule has 0 aliphatic carbocycles. The molecule has 5 heteroatoms. The molecule has 0 radical (unpaired) electrons. The smallest absolute Gasteiger partial charge is 0.272 e. The first-order valence-corrected chi connectivity index (χ1v) is 8.49. The van der Waals surface area contributed by atoms with E-state index in [9.17, 15) is 4.79 Å². The highest BCUT2D eigenvalue weighted by molar-refractivity contribution is 6.04. The Hall–Kier alpha value is -1.88. The molecule has 1 aromatic heterocycles. The zero-order valence-electron chi connectivity index (χ0n) is 14.2. The van der Waals surface area contributed by atoms with E-state index in [0.29, 0.717) is 5.69 Å². The van der Waals surface area contributed by atoms with Gasteiger partial charge >= 0.3 is 0 Å². The summed E-state index contributed by atoms with van der Waals surface area (Å²) < 4.78 is 0. The summed E-state index contributed by atoms with van der Waals surface area (Å²) in [5, 5.41) is 11.0. The quantitative estimate of drug-likeness (QED) is 0.912. The van der Waals surface area contributed by atoms with E-state index >= 15 is 0 Å². The number of fused-ring (bicyclic) bond motifs is 1. The molecule has 1 saturated heterocycles. The van der Waals surface area contributed by atoms with Crippen molar-refractivity contribution in [3.8, 4) is 0 Å². The summed E-state index contributed by atoms with van der Waals surface area (Å²) in [5.74, 6) is 1.36. The number of nitrogens with zero attached hydrogens (tertiary/aromatic N) is 2. The molecule has 2 N–H and O–H groups in total. The maximum Gasteiger partial charge on any atom is 0.272 e. The van der Waals surface area contributed by atoms with Crippen molar-refractivity contribution in [1.82, 2.24) is 20.4 Å². The van der Waals surface area contributed by atoms with Crippen LogP contribution in [0.3, 0.4) is 0 Å². The van der Waals surface area contributed by atoms with Gasteiger partial charge < -0.3 is 10.2 Å². The zero-order valence-corrected chi connectivity index (χ0v) is 14.2. The predicted molar refractivity (Wildman–Crippen MR) is 92.4 cm³/mol. The second-order valence-electron chi connectivity index (χ2n) is 7.16. The topological polar surface area (TPSA) is 61.0 Å². The van der Waals surface area contributed by atoms with Crippen LogP contribution < -0.4 is 5.32 Å². The monoisotopic (exact) mass is 314 g/mol. The SMILES string of the molecule is CC1CC(C)CN(CC(C)NC(=O)c2n[nH]c3ccccc23)C1. The highest BCUT2D eigenvalue weighted by Crippen LogP contribution is 2.21. The van der Waals surface area contributed by atoms with Gasteiger partial charge in [0, 0.05) is 31.1 Å². The molecule has 124 valence electrons. The summed E-state index contributed by atoms with van der Waals surface area (Å²) >= 11 is 0. The van der Waals surface area contributed by atoms with E-state index in [0.717, 1.165) is 42.4 Å². The number of nitrogens with one attached hydrogen (secondary N) is 2. The van der Waals surface area contributed by atoms with E-state index in [1.54, 1.807) is 0 Å². The fraction of sp³-hybridized carbons (Fsp3) is 0.556. The van der Waals surface area contributed by atoms with Crippen LogP contribution in [0.1, 0.15) is 37.7 Å². The first kappa shape index (κ1) is 16.0. The third kappa shape index (κ3) is 3.72. The van der Waals surface area contributed by atoms with Gasteiger partial charge in [-0.3, -0.25) is 9.89 Å². The number of carbonyl (C=O) groups excluding carboxylic acids is 1. The molecule has 2 aromatic rings. The maximum atomic E-state index is 12.5. The highest BCUT2D eigenvalue weighted by atomic mass is 16.2. The number of para-hydroxylation sites is 1. The molecule has 1 aliphatic heterocycles. The number of H-pyrrole nitrogens is 1. The van der Waals surface area contributed by atoms with Crippen LogP contribution in [-0.4, -0.2) is 46.7 Å². The Morgan fingerprint density at radius 3 is 2.78 bits per heavy atom. The number of amides is 1. The van der Waals surface area contributed by atoms with Crippen molar-refractivity contribution in [2.45, 2.75) is 33.2 Å². The minimum absolute atomic E-state index is 0.104. The number of aromatic nitrogens is 2. The van der Waals surface area contributed by atoms with Crippen LogP contribution in [0.5, 0.6) is 0 Å². The number of carbonyl (C=O) groups is 1. The Morgan fingerprint density at radius 1 is 1.35 bits per heavy atom. The summed E-state index contributed by atoms with van der Waals surface area (Å²) in [6, 6.07) is 7.82. The number of likely N-dealkylation sites (tertiary alicyclic amines) is 1. The minimum Gasteiger partial charge on any atom is -0.347 e. The van der Waals surface area contributed by atoms with Crippen molar-refractivity contribution in [2.24, 2.45) is 11.8 Å². The number of hydrogen-bond acceptors (Lipinski definition) is 3. The molecule has 0 bridgehead atoms. The number of hydrogen-bond donors (Lipinski definition) is 2. The number of piperidine rings is 1. The van der Waals surface area contributed by atoms with E-state index in [2.05, 4.69) is 41.2 Å². The Labute approximate surface area is 137 Å². The fourth-order valence-corrected chi connectivity index (χ4v) is 3.80. The van der Waals surface area contributed by atoms with Crippen LogP contribution in [0.15, 0.2) is 24.3 Å². The standard InChI is InChI=1S/C18H26N4O/c1-12-8-13(2)10-22(9-12)11-14(3)19-18(23)17-15-6-4-5-7-16(15)20-21-17/h4-7,12-14H,8-11H2,1-3H3,(H,19,23)(H,20,21). The van der Waals surface area contributed by atoms with E-state index in [-0.39, 0.29) is 11.9 Å². The van der Waals surface area contributed by atoms with Crippen LogP contribution >= 0.6 is 0 Å². The van der Waals surface area contributed by atoms with Gasteiger partial charge in [-0.1, -0.05) is 32.0 Å². The molecule has 5 nitrogen and oxygen atoms in total. The maximum absolute atomic E-state index is 12.5. The van der Waals surface area contributed by atoms with Crippen molar-refractivity contribution in [3.63, 3.8) is 0 Å². The largest absolute Gasteiger partial charge is 0.347 e. The summed E-state index contributed by atoms with van der Waals surface area (Å²) in [7, 11) is 0. The molecule has 1 aliphatic rings. The van der Waals surface area contributed by atoms with Gasteiger partial charge in [0.05, 0.1) is 5.52 Å². The molecule has 1 aromatic carbocycles. The summed E-state index contributed by atoms with van der Waals surface area (Å²) in [6.45, 7) is 9.81. The number of aromatic amines is 1. The first-order valence-electron chi connectivity index (χ1n) is 8.49. The molecule has 3 unspecified atom stereocenters. The first-order chi connectivity index (χ1) is 11.0. The van der Waals surface area contributed by atoms with Gasteiger partial charge in [0.2, 0.25) is 0 Å². The number of benzene rings is 1. The van der Waals surface area contributed by atoms with Gasteiger partial charge in [0.15, 0.2) is 5.69 Å². The Bertz CT molecular complexity index is 670. The summed E-state index contributed by atoms with van der Waals surface area (Å²) in [6.07, 6.45) is 1.30. The third-order valence-corrected chi connectivity index (χ3v) is 4.54. The van der Waals surface area contributed by atoms with Gasteiger partial charge in [-0.05, 0) is 31.2 Å². The van der Waals surface area contributed by atoms with Gasteiger partial charge in [0.25, 0.3) is 5.91 Å². The van der Waals surface area contributed by atoms with Crippen molar-refractivity contribution in [3.05, 3.63) is 30.0 Å². The lowest BCUT2D eigenvalue weighted by molar-refractivity contribution is 0.0901. The minimum atomic E-state index is -0.104. The lowest BCUT2D eigenvalue weighted by atomic mass is 9.92. The van der Waals surface area contributed by atoms with Gasteiger partial charge in [-0.2, -0.15) is 5.10 Å². The van der Waals surface area contributed by atoms with E-state index < -0.39 is 0 Å². The Morgan fingerprint density at radius 2 is 2.04 bits per heavy atom. The molecule has 23 heavy (non-hydrogen) atoms. The average Bonchev–Trinajstić information content (AvgIpc) is 2.89. The zero-order chi connectivity index (χ0) is 16.4.